The van der Waals surface area contributed by atoms with Gasteiger partial charge in [0, 0.05) is 34.6 Å². The molecule has 0 saturated carbocycles. The highest BCUT2D eigenvalue weighted by Crippen LogP contribution is 2.30. The van der Waals surface area contributed by atoms with Gasteiger partial charge in [-0.3, -0.25) is 24.0 Å². The average Bonchev–Trinajstić information content (AvgIpc) is 2.55. The van der Waals surface area contributed by atoms with Gasteiger partial charge in [0.25, 0.3) is 0 Å². The minimum atomic E-state index is -1.84. The van der Waals surface area contributed by atoms with Crippen molar-refractivity contribution >= 4 is 29.8 Å². The zero-order chi connectivity index (χ0) is 22.3. The van der Waals surface area contributed by atoms with E-state index in [9.17, 15) is 29.1 Å². The molecule has 0 aliphatic carbocycles. The van der Waals surface area contributed by atoms with Crippen LogP contribution in [0.4, 0.5) is 0 Å². The first-order valence-corrected chi connectivity index (χ1v) is 8.58. The number of esters is 5. The minimum Gasteiger partial charge on any atom is -0.462 e. The molecule has 0 amide bonds. The molecule has 0 radical (unpaired) electrons. The third-order valence-corrected chi connectivity index (χ3v) is 3.59. The monoisotopic (exact) mass is 420 g/mol. The lowest BCUT2D eigenvalue weighted by atomic mass is 9.94. The zero-order valence-electron chi connectivity index (χ0n) is 16.6. The third kappa shape index (κ3) is 7.66. The van der Waals surface area contributed by atoms with E-state index < -0.39 is 73.3 Å². The molecule has 1 rings (SSSR count). The van der Waals surface area contributed by atoms with Gasteiger partial charge in [0.15, 0.2) is 30.7 Å². The molecule has 0 spiro atoms. The number of rotatable bonds is 7. The first-order chi connectivity index (χ1) is 13.4. The minimum absolute atomic E-state index is 0.505. The van der Waals surface area contributed by atoms with Crippen molar-refractivity contribution in [2.75, 3.05) is 6.61 Å². The molecule has 0 aromatic heterocycles. The van der Waals surface area contributed by atoms with Gasteiger partial charge < -0.3 is 33.5 Å². The summed E-state index contributed by atoms with van der Waals surface area (Å²) < 4.78 is 30.5. The van der Waals surface area contributed by atoms with Crippen LogP contribution in [0.15, 0.2) is 0 Å². The average molecular weight is 420 g/mol. The van der Waals surface area contributed by atoms with E-state index in [0.29, 0.717) is 0 Å². The topological polar surface area (TPSA) is 161 Å². The fraction of sp³-hybridized carbons (Fsp3) is 0.706. The molecule has 1 fully saturated rings. The third-order valence-electron chi connectivity index (χ3n) is 3.59. The number of carbonyl (C=O) groups excluding carboxylic acids is 5. The zero-order valence-corrected chi connectivity index (χ0v) is 16.6. The van der Waals surface area contributed by atoms with E-state index in [1.165, 1.54) is 0 Å². The highest BCUT2D eigenvalue weighted by Gasteiger charge is 2.54. The fourth-order valence-corrected chi connectivity index (χ4v) is 2.73. The van der Waals surface area contributed by atoms with Crippen molar-refractivity contribution in [2.45, 2.75) is 71.4 Å². The van der Waals surface area contributed by atoms with E-state index in [1.807, 2.05) is 0 Å². The molecule has 12 nitrogen and oxygen atoms in total. The molecular weight excluding hydrogens is 396 g/mol. The number of hydrogen-bond acceptors (Lipinski definition) is 12. The van der Waals surface area contributed by atoms with Crippen LogP contribution in [0.3, 0.4) is 0 Å². The Morgan fingerprint density at radius 3 is 1.69 bits per heavy atom. The van der Waals surface area contributed by atoms with E-state index in [2.05, 4.69) is 0 Å². The van der Waals surface area contributed by atoms with Crippen LogP contribution in [0.1, 0.15) is 34.6 Å². The van der Waals surface area contributed by atoms with E-state index in [0.717, 1.165) is 34.6 Å². The van der Waals surface area contributed by atoms with Crippen LogP contribution >= 0.6 is 0 Å². The van der Waals surface area contributed by atoms with Gasteiger partial charge in [-0.2, -0.15) is 0 Å². The number of aliphatic hydroxyl groups excluding tert-OH is 1. The quantitative estimate of drug-likeness (QED) is 0.395. The summed E-state index contributed by atoms with van der Waals surface area (Å²) in [5.41, 5.74) is 0. The first kappa shape index (κ1) is 24.3. The molecule has 12 heteroatoms. The Morgan fingerprint density at radius 2 is 1.24 bits per heavy atom. The molecule has 1 aliphatic rings. The van der Waals surface area contributed by atoms with Crippen LogP contribution in [-0.2, 0) is 52.4 Å². The van der Waals surface area contributed by atoms with Crippen LogP contribution in [0, 0.1) is 0 Å². The summed E-state index contributed by atoms with van der Waals surface area (Å²) in [5, 5.41) is 10.3. The summed E-state index contributed by atoms with van der Waals surface area (Å²) in [7, 11) is 0. The Morgan fingerprint density at radius 1 is 0.759 bits per heavy atom. The summed E-state index contributed by atoms with van der Waals surface area (Å²) in [6.07, 6.45) is -9.10. The molecule has 0 aromatic rings. The van der Waals surface area contributed by atoms with Crippen molar-refractivity contribution < 1.29 is 57.5 Å². The van der Waals surface area contributed by atoms with Gasteiger partial charge in [0.05, 0.1) is 0 Å². The van der Waals surface area contributed by atoms with Crippen molar-refractivity contribution in [3.63, 3.8) is 0 Å². The van der Waals surface area contributed by atoms with Crippen molar-refractivity contribution in [1.82, 2.24) is 0 Å². The number of aliphatic hydroxyl groups is 1. The second kappa shape index (κ2) is 10.7. The summed E-state index contributed by atoms with van der Waals surface area (Å²) in [6, 6.07) is 0. The van der Waals surface area contributed by atoms with Crippen LogP contribution < -0.4 is 0 Å². The molecule has 1 saturated heterocycles. The van der Waals surface area contributed by atoms with Crippen molar-refractivity contribution in [3.8, 4) is 0 Å². The van der Waals surface area contributed by atoms with E-state index in [1.54, 1.807) is 0 Å². The highest BCUT2D eigenvalue weighted by molar-refractivity contribution is 5.69. The molecule has 6 atom stereocenters. The van der Waals surface area contributed by atoms with Crippen molar-refractivity contribution in [1.29, 1.82) is 0 Å². The maximum Gasteiger partial charge on any atom is 0.303 e. The maximum atomic E-state index is 11.6. The van der Waals surface area contributed by atoms with Crippen molar-refractivity contribution in [2.24, 2.45) is 0 Å². The van der Waals surface area contributed by atoms with Crippen LogP contribution in [0.2, 0.25) is 0 Å². The van der Waals surface area contributed by atoms with Crippen LogP contribution in [0.5, 0.6) is 0 Å². The normalized spacial score (nSPS) is 27.2. The van der Waals surface area contributed by atoms with Gasteiger partial charge >= 0.3 is 29.8 Å². The summed E-state index contributed by atoms with van der Waals surface area (Å²) >= 11 is 0. The van der Waals surface area contributed by atoms with Gasteiger partial charge in [-0.15, -0.1) is 0 Å². The van der Waals surface area contributed by atoms with Crippen LogP contribution in [0.25, 0.3) is 0 Å². The molecule has 1 aliphatic heterocycles. The van der Waals surface area contributed by atoms with Crippen molar-refractivity contribution in [3.05, 3.63) is 0 Å². The number of ether oxygens (including phenoxy) is 6. The molecular formula is C17H24O12. The smallest absolute Gasteiger partial charge is 0.303 e. The fourth-order valence-electron chi connectivity index (χ4n) is 2.73. The number of carbonyl (C=O) groups is 5. The Hall–Kier alpha value is -2.73. The molecule has 0 bridgehead atoms. The van der Waals surface area contributed by atoms with Gasteiger partial charge in [-0.25, -0.2) is 0 Å². The molecule has 164 valence electrons. The second-order valence-corrected chi connectivity index (χ2v) is 6.16. The van der Waals surface area contributed by atoms with Crippen LogP contribution in [-0.4, -0.2) is 78.4 Å². The second-order valence-electron chi connectivity index (χ2n) is 6.16. The summed E-state index contributed by atoms with van der Waals surface area (Å²) in [4.78, 5) is 57.2. The highest BCUT2D eigenvalue weighted by atomic mass is 16.7. The Bertz CT molecular complexity index is 644. The number of hydrogen-bond donors (Lipinski definition) is 1. The predicted octanol–water partition coefficient (Wildman–Crippen LogP) is -1.01. The molecule has 1 heterocycles. The van der Waals surface area contributed by atoms with E-state index in [-0.39, 0.29) is 0 Å². The molecule has 2 unspecified atom stereocenters. The maximum absolute atomic E-state index is 11.6. The molecule has 1 N–H and O–H groups in total. The van der Waals surface area contributed by atoms with Gasteiger partial charge in [0.2, 0.25) is 0 Å². The van der Waals surface area contributed by atoms with E-state index in [4.69, 9.17) is 28.4 Å². The first-order valence-electron chi connectivity index (χ1n) is 8.58. The van der Waals surface area contributed by atoms with Gasteiger partial charge in [-0.1, -0.05) is 0 Å². The Kier molecular flexibility index (Phi) is 8.98. The lowest BCUT2D eigenvalue weighted by molar-refractivity contribution is -0.306. The standard InChI is InChI=1S/C17H24O12/c1-7(18)24-6-12(25-8(2)19)13-14(26-9(3)20)15(27-10(4)21)16(17(23)29-13)28-11(5)22/h12-17,23H,6H2,1-5H3/t12-,13?,14-,15+,16?,17-/m1/s1. The molecule has 29 heavy (non-hydrogen) atoms. The molecule has 0 aromatic carbocycles. The Labute approximate surface area is 166 Å². The van der Waals surface area contributed by atoms with E-state index >= 15 is 0 Å². The Balaban J connectivity index is 3.34. The lowest BCUT2D eigenvalue weighted by Gasteiger charge is -2.44. The summed E-state index contributed by atoms with van der Waals surface area (Å²) in [5.74, 6) is -3.97. The van der Waals surface area contributed by atoms with Gasteiger partial charge in [-0.05, 0) is 0 Å². The SMILES string of the molecule is CC(=O)OC[C@@H](OC(C)=O)C1O[C@@H](O)C(OC(C)=O)[C@@H](OC(C)=O)[C@@H]1OC(C)=O. The van der Waals surface area contributed by atoms with Gasteiger partial charge in [0.1, 0.15) is 12.7 Å². The lowest BCUT2D eigenvalue weighted by Crippen LogP contribution is -2.64. The predicted molar refractivity (Wildman–Crippen MR) is 89.7 cm³/mol. The summed E-state index contributed by atoms with van der Waals surface area (Å²) in [6.45, 7) is 4.84. The largest absolute Gasteiger partial charge is 0.462 e.